The number of halogens is 1. The average molecular weight is 404 g/mol. The zero-order valence-electron chi connectivity index (χ0n) is 16.3. The van der Waals surface area contributed by atoms with E-state index in [1.54, 1.807) is 0 Å². The third-order valence-electron chi connectivity index (χ3n) is 5.53. The van der Waals surface area contributed by atoms with E-state index in [1.807, 2.05) is 36.4 Å². The van der Waals surface area contributed by atoms with Crippen LogP contribution in [0.5, 0.6) is 0 Å². The smallest absolute Gasteiger partial charge is 0.307 e. The molecule has 0 saturated carbocycles. The van der Waals surface area contributed by atoms with Gasteiger partial charge < -0.3 is 9.84 Å². The molecule has 0 spiro atoms. The molecular formula is C25H21FO4. The van der Waals surface area contributed by atoms with E-state index in [-0.39, 0.29) is 31.2 Å². The number of fused-ring (bicyclic) bond motifs is 3. The minimum Gasteiger partial charge on any atom is -0.481 e. The molecule has 0 amide bonds. The van der Waals surface area contributed by atoms with Crippen molar-refractivity contribution in [3.8, 4) is 11.1 Å². The molecule has 0 heterocycles. The topological polar surface area (TPSA) is 63.6 Å². The first-order chi connectivity index (χ1) is 14.5. The fraction of sp³-hybridized carbons (Fsp3) is 0.200. The molecule has 0 saturated heterocycles. The largest absolute Gasteiger partial charge is 0.481 e. The maximum Gasteiger partial charge on any atom is 0.307 e. The van der Waals surface area contributed by atoms with Gasteiger partial charge in [0.15, 0.2) is 0 Å². The molecule has 0 radical (unpaired) electrons. The van der Waals surface area contributed by atoms with Crippen LogP contribution in [0.15, 0.2) is 72.8 Å². The lowest BCUT2D eigenvalue weighted by Crippen LogP contribution is -2.22. The predicted octanol–water partition coefficient (Wildman–Crippen LogP) is 4.81. The number of carbonyl (C=O) groups is 2. The number of carbonyl (C=O) groups excluding carboxylic acids is 1. The minimum atomic E-state index is -1.08. The summed E-state index contributed by atoms with van der Waals surface area (Å²) in [5, 5.41) is 9.50. The van der Waals surface area contributed by atoms with Crippen molar-refractivity contribution >= 4 is 11.9 Å². The van der Waals surface area contributed by atoms with Gasteiger partial charge >= 0.3 is 11.9 Å². The molecule has 0 aromatic heterocycles. The first-order valence-corrected chi connectivity index (χ1v) is 9.84. The van der Waals surface area contributed by atoms with Crippen molar-refractivity contribution in [2.75, 3.05) is 6.61 Å². The van der Waals surface area contributed by atoms with Crippen molar-refractivity contribution in [1.29, 1.82) is 0 Å². The van der Waals surface area contributed by atoms with Crippen LogP contribution in [0.4, 0.5) is 4.39 Å². The van der Waals surface area contributed by atoms with Gasteiger partial charge in [-0.05, 0) is 46.4 Å². The Morgan fingerprint density at radius 1 is 0.900 bits per heavy atom. The summed E-state index contributed by atoms with van der Waals surface area (Å²) in [5.41, 5.74) is 5.14. The van der Waals surface area contributed by atoms with Gasteiger partial charge in [-0.25, -0.2) is 4.39 Å². The number of hydrogen-bond donors (Lipinski definition) is 1. The van der Waals surface area contributed by atoms with Crippen LogP contribution in [0, 0.1) is 11.7 Å². The van der Waals surface area contributed by atoms with Crippen LogP contribution in [0.25, 0.3) is 11.1 Å². The Morgan fingerprint density at radius 2 is 1.47 bits per heavy atom. The van der Waals surface area contributed by atoms with Crippen LogP contribution in [-0.2, 0) is 20.7 Å². The SMILES string of the molecule is O=C(C[C@@H](Cc1ccc(F)cc1)C(=O)O)OCC1c2ccccc2-c2ccccc21. The van der Waals surface area contributed by atoms with E-state index in [2.05, 4.69) is 12.1 Å². The lowest BCUT2D eigenvalue weighted by atomic mass is 9.96. The zero-order valence-corrected chi connectivity index (χ0v) is 16.3. The van der Waals surface area contributed by atoms with Crippen molar-refractivity contribution in [2.24, 2.45) is 5.92 Å². The first-order valence-electron chi connectivity index (χ1n) is 9.84. The van der Waals surface area contributed by atoms with Gasteiger partial charge in [-0.2, -0.15) is 0 Å². The fourth-order valence-corrected chi connectivity index (χ4v) is 4.03. The molecule has 3 aromatic carbocycles. The molecule has 1 aliphatic carbocycles. The number of carboxylic acid groups (broad SMARTS) is 1. The Balaban J connectivity index is 1.43. The van der Waals surface area contributed by atoms with Crippen LogP contribution >= 0.6 is 0 Å². The molecular weight excluding hydrogens is 383 g/mol. The van der Waals surface area contributed by atoms with Gasteiger partial charge in [0.2, 0.25) is 0 Å². The van der Waals surface area contributed by atoms with Crippen LogP contribution in [0.3, 0.4) is 0 Å². The second-order valence-corrected chi connectivity index (χ2v) is 7.48. The number of rotatable bonds is 7. The molecule has 1 aliphatic rings. The Morgan fingerprint density at radius 3 is 2.03 bits per heavy atom. The highest BCUT2D eigenvalue weighted by Gasteiger charge is 2.30. The third kappa shape index (κ3) is 4.10. The molecule has 0 aliphatic heterocycles. The Labute approximate surface area is 173 Å². The van der Waals surface area contributed by atoms with Gasteiger partial charge in [0, 0.05) is 5.92 Å². The molecule has 1 atom stereocenters. The van der Waals surface area contributed by atoms with Gasteiger partial charge in [0.1, 0.15) is 12.4 Å². The van der Waals surface area contributed by atoms with Crippen LogP contribution in [0.2, 0.25) is 0 Å². The molecule has 1 N–H and O–H groups in total. The summed E-state index contributed by atoms with van der Waals surface area (Å²) in [6, 6.07) is 21.7. The lowest BCUT2D eigenvalue weighted by molar-refractivity contribution is -0.151. The summed E-state index contributed by atoms with van der Waals surface area (Å²) in [6.45, 7) is 0.162. The summed E-state index contributed by atoms with van der Waals surface area (Å²) < 4.78 is 18.6. The van der Waals surface area contributed by atoms with E-state index in [0.717, 1.165) is 22.3 Å². The minimum absolute atomic E-state index is 0.0678. The van der Waals surface area contributed by atoms with Crippen molar-refractivity contribution < 1.29 is 23.8 Å². The van der Waals surface area contributed by atoms with E-state index in [9.17, 15) is 19.1 Å². The molecule has 4 rings (SSSR count). The highest BCUT2D eigenvalue weighted by Crippen LogP contribution is 2.44. The molecule has 152 valence electrons. The summed E-state index contributed by atoms with van der Waals surface area (Å²) in [5.74, 6) is -3.01. The standard InChI is InChI=1S/C25H21FO4/c26-18-11-9-16(10-12-18)13-17(25(28)29)14-24(27)30-15-23-21-7-3-1-5-19(21)20-6-2-4-8-22(20)23/h1-12,17,23H,13-15H2,(H,28,29)/t17-/m1/s1. The summed E-state index contributed by atoms with van der Waals surface area (Å²) >= 11 is 0. The Kier molecular flexibility index (Phi) is 5.61. The highest BCUT2D eigenvalue weighted by molar-refractivity contribution is 5.80. The first kappa shape index (κ1) is 19.8. The molecule has 0 unspecified atom stereocenters. The predicted molar refractivity (Wildman–Crippen MR) is 111 cm³/mol. The molecule has 0 bridgehead atoms. The fourth-order valence-electron chi connectivity index (χ4n) is 4.03. The van der Waals surface area contributed by atoms with Crippen LogP contribution in [-0.4, -0.2) is 23.7 Å². The molecule has 4 nitrogen and oxygen atoms in total. The quantitative estimate of drug-likeness (QED) is 0.574. The van der Waals surface area contributed by atoms with Crippen molar-refractivity contribution in [3.05, 3.63) is 95.3 Å². The normalized spacial score (nSPS) is 13.4. The van der Waals surface area contributed by atoms with E-state index < -0.39 is 17.9 Å². The second-order valence-electron chi connectivity index (χ2n) is 7.48. The maximum absolute atomic E-state index is 13.1. The number of esters is 1. The van der Waals surface area contributed by atoms with Crippen LogP contribution in [0.1, 0.15) is 29.0 Å². The lowest BCUT2D eigenvalue weighted by Gasteiger charge is -2.16. The van der Waals surface area contributed by atoms with Gasteiger partial charge in [-0.3, -0.25) is 9.59 Å². The van der Waals surface area contributed by atoms with Crippen molar-refractivity contribution in [2.45, 2.75) is 18.8 Å². The van der Waals surface area contributed by atoms with E-state index in [1.165, 1.54) is 24.3 Å². The van der Waals surface area contributed by atoms with Gasteiger partial charge in [0.05, 0.1) is 12.3 Å². The third-order valence-corrected chi connectivity index (χ3v) is 5.53. The summed E-state index contributed by atoms with van der Waals surface area (Å²) in [7, 11) is 0. The average Bonchev–Trinajstić information content (AvgIpc) is 3.07. The number of hydrogen-bond acceptors (Lipinski definition) is 3. The van der Waals surface area contributed by atoms with Gasteiger partial charge in [-0.15, -0.1) is 0 Å². The molecule has 0 fully saturated rings. The van der Waals surface area contributed by atoms with Crippen molar-refractivity contribution in [1.82, 2.24) is 0 Å². The van der Waals surface area contributed by atoms with E-state index >= 15 is 0 Å². The molecule has 30 heavy (non-hydrogen) atoms. The number of benzene rings is 3. The van der Waals surface area contributed by atoms with E-state index in [4.69, 9.17) is 4.74 Å². The maximum atomic E-state index is 13.1. The Bertz CT molecular complexity index is 1030. The van der Waals surface area contributed by atoms with Gasteiger partial charge in [0.25, 0.3) is 0 Å². The number of ether oxygens (including phenoxy) is 1. The summed E-state index contributed by atoms with van der Waals surface area (Å²) in [4.78, 5) is 24.0. The Hall–Kier alpha value is -3.47. The summed E-state index contributed by atoms with van der Waals surface area (Å²) in [6.07, 6.45) is -0.0947. The van der Waals surface area contributed by atoms with Crippen molar-refractivity contribution in [3.63, 3.8) is 0 Å². The number of aliphatic carboxylic acids is 1. The second kappa shape index (κ2) is 8.49. The monoisotopic (exact) mass is 404 g/mol. The zero-order chi connectivity index (χ0) is 21.1. The molecule has 3 aromatic rings. The highest BCUT2D eigenvalue weighted by atomic mass is 19.1. The number of carboxylic acids is 1. The van der Waals surface area contributed by atoms with E-state index in [0.29, 0.717) is 5.56 Å². The van der Waals surface area contributed by atoms with Crippen LogP contribution < -0.4 is 0 Å². The molecule has 5 heteroatoms. The van der Waals surface area contributed by atoms with Gasteiger partial charge in [-0.1, -0.05) is 60.7 Å².